The smallest absolute Gasteiger partial charge is 0.353 e. The molecular formula is C17H14N2O3. The Morgan fingerprint density at radius 1 is 1.23 bits per heavy atom. The van der Waals surface area contributed by atoms with Crippen LogP contribution in [0.4, 0.5) is 0 Å². The van der Waals surface area contributed by atoms with Crippen molar-refractivity contribution >= 4 is 16.9 Å². The van der Waals surface area contributed by atoms with Crippen molar-refractivity contribution in [3.05, 3.63) is 64.2 Å². The highest BCUT2D eigenvalue weighted by molar-refractivity contribution is 6.05. The van der Waals surface area contributed by atoms with Gasteiger partial charge in [0.15, 0.2) is 0 Å². The summed E-state index contributed by atoms with van der Waals surface area (Å²) in [5, 5.41) is 10.1. The predicted octanol–water partition coefficient (Wildman–Crippen LogP) is 2.61. The average Bonchev–Trinajstić information content (AvgIpc) is 2.50. The maximum atomic E-state index is 12.3. The van der Waals surface area contributed by atoms with Crippen LogP contribution in [0.5, 0.6) is 0 Å². The lowest BCUT2D eigenvalue weighted by molar-refractivity contribution is 0.0686. The molecule has 5 nitrogen and oxygen atoms in total. The van der Waals surface area contributed by atoms with Crippen LogP contribution in [-0.2, 0) is 7.05 Å². The molecule has 0 amide bonds. The molecule has 0 aliphatic carbocycles. The molecule has 0 radical (unpaired) electrons. The van der Waals surface area contributed by atoms with E-state index in [1.54, 1.807) is 12.1 Å². The monoisotopic (exact) mass is 294 g/mol. The first-order chi connectivity index (χ1) is 10.5. The number of carboxylic acid groups (broad SMARTS) is 1. The van der Waals surface area contributed by atoms with Gasteiger partial charge in [-0.2, -0.15) is 0 Å². The van der Waals surface area contributed by atoms with Gasteiger partial charge in [-0.05, 0) is 18.6 Å². The minimum Gasteiger partial charge on any atom is -0.477 e. The van der Waals surface area contributed by atoms with Gasteiger partial charge < -0.3 is 9.67 Å². The second-order valence-electron chi connectivity index (χ2n) is 5.16. The Balaban J connectivity index is 2.56. The van der Waals surface area contributed by atoms with Crippen LogP contribution in [0.25, 0.3) is 22.0 Å². The summed E-state index contributed by atoms with van der Waals surface area (Å²) in [5.74, 6) is -1.14. The highest BCUT2D eigenvalue weighted by Gasteiger charge is 2.21. The third-order valence-corrected chi connectivity index (χ3v) is 3.67. The van der Waals surface area contributed by atoms with Gasteiger partial charge >= 0.3 is 5.97 Å². The van der Waals surface area contributed by atoms with E-state index < -0.39 is 11.5 Å². The van der Waals surface area contributed by atoms with Gasteiger partial charge in [0.2, 0.25) is 0 Å². The molecule has 1 aromatic carbocycles. The predicted molar refractivity (Wildman–Crippen MR) is 84.1 cm³/mol. The Hall–Kier alpha value is -2.95. The number of nitrogens with zero attached hydrogens (tertiary/aromatic N) is 2. The van der Waals surface area contributed by atoms with E-state index in [0.717, 1.165) is 15.7 Å². The number of carboxylic acids is 1. The van der Waals surface area contributed by atoms with E-state index in [1.807, 2.05) is 31.2 Å². The molecule has 0 spiro atoms. The van der Waals surface area contributed by atoms with Crippen molar-refractivity contribution in [2.45, 2.75) is 6.92 Å². The Bertz CT molecular complexity index is 958. The Labute approximate surface area is 126 Å². The lowest BCUT2D eigenvalue weighted by Gasteiger charge is -2.14. The lowest BCUT2D eigenvalue weighted by atomic mass is 9.97. The first-order valence-electron chi connectivity index (χ1n) is 6.78. The Kier molecular flexibility index (Phi) is 3.25. The van der Waals surface area contributed by atoms with E-state index in [-0.39, 0.29) is 11.2 Å². The van der Waals surface area contributed by atoms with Crippen molar-refractivity contribution < 1.29 is 9.90 Å². The third-order valence-electron chi connectivity index (χ3n) is 3.67. The number of benzene rings is 1. The molecule has 2 aromatic heterocycles. The van der Waals surface area contributed by atoms with Crippen molar-refractivity contribution in [3.63, 3.8) is 0 Å². The molecular weight excluding hydrogens is 280 g/mol. The van der Waals surface area contributed by atoms with Gasteiger partial charge in [0.1, 0.15) is 11.2 Å². The standard InChI is InChI=1S/C17H14N2O3/c1-10-5-3-6-11(9-10)13-12-7-4-8-18-14(12)16(20)19(2)15(13)17(21)22/h3-9H,1-2H3,(H,21,22). The molecule has 0 bridgehead atoms. The molecule has 0 aliphatic heterocycles. The summed E-state index contributed by atoms with van der Waals surface area (Å²) in [6, 6.07) is 11.0. The van der Waals surface area contributed by atoms with Gasteiger partial charge in [-0.3, -0.25) is 9.78 Å². The van der Waals surface area contributed by atoms with Gasteiger partial charge in [-0.15, -0.1) is 0 Å². The van der Waals surface area contributed by atoms with Crippen LogP contribution < -0.4 is 5.56 Å². The van der Waals surface area contributed by atoms with Gasteiger partial charge in [-0.1, -0.05) is 35.9 Å². The summed E-state index contributed by atoms with van der Waals surface area (Å²) in [5.41, 5.74) is 2.11. The molecule has 0 aliphatic rings. The molecule has 0 saturated carbocycles. The molecule has 0 atom stereocenters. The number of carbonyl (C=O) groups is 1. The third kappa shape index (κ3) is 2.07. The number of aromatic carboxylic acids is 1. The zero-order chi connectivity index (χ0) is 15.9. The van der Waals surface area contributed by atoms with Gasteiger partial charge in [0.25, 0.3) is 5.56 Å². The number of pyridine rings is 2. The highest BCUT2D eigenvalue weighted by atomic mass is 16.4. The number of hydrogen-bond acceptors (Lipinski definition) is 3. The van der Waals surface area contributed by atoms with Crippen molar-refractivity contribution in [3.8, 4) is 11.1 Å². The zero-order valence-corrected chi connectivity index (χ0v) is 12.2. The van der Waals surface area contributed by atoms with E-state index in [9.17, 15) is 14.7 Å². The minimum atomic E-state index is -1.14. The Morgan fingerprint density at radius 3 is 2.68 bits per heavy atom. The van der Waals surface area contributed by atoms with Gasteiger partial charge in [0.05, 0.1) is 0 Å². The van der Waals surface area contributed by atoms with Crippen LogP contribution >= 0.6 is 0 Å². The van der Waals surface area contributed by atoms with Crippen LogP contribution in [-0.4, -0.2) is 20.6 Å². The summed E-state index contributed by atoms with van der Waals surface area (Å²) in [6.45, 7) is 1.94. The maximum absolute atomic E-state index is 12.3. The fourth-order valence-electron chi connectivity index (χ4n) is 2.68. The van der Waals surface area contributed by atoms with E-state index in [0.29, 0.717) is 10.9 Å². The number of fused-ring (bicyclic) bond motifs is 1. The molecule has 110 valence electrons. The molecule has 0 fully saturated rings. The van der Waals surface area contributed by atoms with Crippen LogP contribution in [0, 0.1) is 6.92 Å². The summed E-state index contributed by atoms with van der Waals surface area (Å²) >= 11 is 0. The summed E-state index contributed by atoms with van der Waals surface area (Å²) in [7, 11) is 1.46. The topological polar surface area (TPSA) is 72.2 Å². The number of hydrogen-bond donors (Lipinski definition) is 1. The summed E-state index contributed by atoms with van der Waals surface area (Å²) in [4.78, 5) is 28.2. The Morgan fingerprint density at radius 2 is 2.00 bits per heavy atom. The molecule has 0 saturated heterocycles. The van der Waals surface area contributed by atoms with Crippen molar-refractivity contribution in [1.82, 2.24) is 9.55 Å². The van der Waals surface area contributed by atoms with Crippen LogP contribution in [0.3, 0.4) is 0 Å². The van der Waals surface area contributed by atoms with E-state index in [1.165, 1.54) is 13.2 Å². The van der Waals surface area contributed by atoms with Gasteiger partial charge in [0, 0.05) is 24.2 Å². The van der Waals surface area contributed by atoms with Crippen molar-refractivity contribution in [2.75, 3.05) is 0 Å². The minimum absolute atomic E-state index is 0.0314. The lowest BCUT2D eigenvalue weighted by Crippen LogP contribution is -2.25. The first kappa shape index (κ1) is 14.0. The largest absolute Gasteiger partial charge is 0.477 e. The second kappa shape index (κ2) is 5.11. The molecule has 3 rings (SSSR count). The summed E-state index contributed by atoms with van der Waals surface area (Å²) < 4.78 is 1.15. The van der Waals surface area contributed by atoms with Gasteiger partial charge in [-0.25, -0.2) is 4.79 Å². The fourth-order valence-corrected chi connectivity index (χ4v) is 2.68. The van der Waals surface area contributed by atoms with Crippen molar-refractivity contribution in [2.24, 2.45) is 7.05 Å². The van der Waals surface area contributed by atoms with Crippen molar-refractivity contribution in [1.29, 1.82) is 0 Å². The number of aryl methyl sites for hydroxylation is 1. The quantitative estimate of drug-likeness (QED) is 0.788. The number of aromatic nitrogens is 2. The molecule has 5 heteroatoms. The number of rotatable bonds is 2. The molecule has 1 N–H and O–H groups in total. The van der Waals surface area contributed by atoms with Crippen LogP contribution in [0.1, 0.15) is 16.1 Å². The van der Waals surface area contributed by atoms with Crippen LogP contribution in [0.15, 0.2) is 47.4 Å². The maximum Gasteiger partial charge on any atom is 0.353 e. The van der Waals surface area contributed by atoms with E-state index in [4.69, 9.17) is 0 Å². The fraction of sp³-hybridized carbons (Fsp3) is 0.118. The molecule has 3 aromatic rings. The molecule has 22 heavy (non-hydrogen) atoms. The SMILES string of the molecule is Cc1cccc(-c2c(C(=O)O)n(C)c(=O)c3ncccc23)c1. The zero-order valence-electron chi connectivity index (χ0n) is 12.2. The van der Waals surface area contributed by atoms with Crippen LogP contribution in [0.2, 0.25) is 0 Å². The molecule has 2 heterocycles. The van der Waals surface area contributed by atoms with E-state index in [2.05, 4.69) is 4.98 Å². The van der Waals surface area contributed by atoms with E-state index >= 15 is 0 Å². The average molecular weight is 294 g/mol. The molecule has 0 unspecified atom stereocenters. The highest BCUT2D eigenvalue weighted by Crippen LogP contribution is 2.30. The first-order valence-corrected chi connectivity index (χ1v) is 6.78. The summed E-state index contributed by atoms with van der Waals surface area (Å²) in [6.07, 6.45) is 1.53. The normalized spacial score (nSPS) is 10.8. The second-order valence-corrected chi connectivity index (χ2v) is 5.16.